The monoisotopic (exact) mass is 181 g/mol. The van der Waals surface area contributed by atoms with Crippen molar-refractivity contribution in [1.82, 2.24) is 9.55 Å². The summed E-state index contributed by atoms with van der Waals surface area (Å²) in [5.41, 5.74) is 7.13. The average molecular weight is 181 g/mol. The minimum Gasteiger partial charge on any atom is -0.333 e. The summed E-state index contributed by atoms with van der Waals surface area (Å²) in [4.78, 5) is 4.15. The number of hydrogen-bond acceptors (Lipinski definition) is 2. The van der Waals surface area contributed by atoms with E-state index >= 15 is 0 Å². The SMILES string of the molecule is CC(N)Cn1cncc1C(C)(C)C. The number of aromatic nitrogens is 2. The van der Waals surface area contributed by atoms with Gasteiger partial charge in [-0.25, -0.2) is 4.98 Å². The Morgan fingerprint density at radius 3 is 2.62 bits per heavy atom. The largest absolute Gasteiger partial charge is 0.333 e. The molecule has 1 rings (SSSR count). The van der Waals surface area contributed by atoms with Gasteiger partial charge in [-0.15, -0.1) is 0 Å². The lowest BCUT2D eigenvalue weighted by molar-refractivity contribution is 0.492. The molecule has 0 amide bonds. The number of rotatable bonds is 2. The number of nitrogens with two attached hydrogens (primary N) is 1. The molecular formula is C10H19N3. The molecule has 1 aromatic rings. The maximum Gasteiger partial charge on any atom is 0.0948 e. The Balaban J connectivity index is 2.90. The molecule has 1 heterocycles. The quantitative estimate of drug-likeness (QED) is 0.752. The van der Waals surface area contributed by atoms with Crippen LogP contribution in [0.15, 0.2) is 12.5 Å². The zero-order valence-electron chi connectivity index (χ0n) is 8.91. The molecule has 0 fully saturated rings. The third kappa shape index (κ3) is 2.56. The molecule has 1 aromatic heterocycles. The second kappa shape index (κ2) is 3.50. The molecule has 3 nitrogen and oxygen atoms in total. The second-order valence-electron chi connectivity index (χ2n) is 4.66. The van der Waals surface area contributed by atoms with Crippen LogP contribution >= 0.6 is 0 Å². The Kier molecular flexibility index (Phi) is 2.76. The Bertz CT molecular complexity index is 268. The minimum atomic E-state index is 0.144. The molecule has 0 aliphatic carbocycles. The highest BCUT2D eigenvalue weighted by atomic mass is 15.1. The highest BCUT2D eigenvalue weighted by Gasteiger charge is 2.18. The fourth-order valence-corrected chi connectivity index (χ4v) is 1.40. The molecule has 0 bridgehead atoms. The van der Waals surface area contributed by atoms with Crippen molar-refractivity contribution in [2.24, 2.45) is 5.73 Å². The van der Waals surface area contributed by atoms with Gasteiger partial charge in [-0.1, -0.05) is 20.8 Å². The molecule has 0 spiro atoms. The minimum absolute atomic E-state index is 0.144. The zero-order chi connectivity index (χ0) is 10.1. The highest BCUT2D eigenvalue weighted by Crippen LogP contribution is 2.21. The molecule has 0 aromatic carbocycles. The molecule has 0 aliphatic rings. The van der Waals surface area contributed by atoms with Gasteiger partial charge in [0.15, 0.2) is 0 Å². The average Bonchev–Trinajstić information content (AvgIpc) is 2.31. The maximum absolute atomic E-state index is 5.75. The van der Waals surface area contributed by atoms with Gasteiger partial charge in [0.25, 0.3) is 0 Å². The Morgan fingerprint density at radius 1 is 1.54 bits per heavy atom. The van der Waals surface area contributed by atoms with Crippen LogP contribution in [0.2, 0.25) is 0 Å². The van der Waals surface area contributed by atoms with Crippen LogP contribution in [0.1, 0.15) is 33.4 Å². The van der Waals surface area contributed by atoms with Crippen molar-refractivity contribution in [3.63, 3.8) is 0 Å². The molecule has 1 unspecified atom stereocenters. The molecule has 2 N–H and O–H groups in total. The van der Waals surface area contributed by atoms with Crippen LogP contribution in [0.25, 0.3) is 0 Å². The van der Waals surface area contributed by atoms with Gasteiger partial charge in [-0.05, 0) is 6.92 Å². The molecular weight excluding hydrogens is 162 g/mol. The van der Waals surface area contributed by atoms with Crippen molar-refractivity contribution in [2.75, 3.05) is 0 Å². The number of hydrogen-bond donors (Lipinski definition) is 1. The van der Waals surface area contributed by atoms with Crippen molar-refractivity contribution < 1.29 is 0 Å². The molecule has 1 atom stereocenters. The topological polar surface area (TPSA) is 43.8 Å². The van der Waals surface area contributed by atoms with Gasteiger partial charge in [0.2, 0.25) is 0 Å². The molecule has 74 valence electrons. The summed E-state index contributed by atoms with van der Waals surface area (Å²) in [5.74, 6) is 0. The lowest BCUT2D eigenvalue weighted by Crippen LogP contribution is -2.26. The van der Waals surface area contributed by atoms with Crippen LogP contribution in [-0.4, -0.2) is 15.6 Å². The van der Waals surface area contributed by atoms with Crippen molar-refractivity contribution in [3.8, 4) is 0 Å². The molecule has 3 heteroatoms. The third-order valence-electron chi connectivity index (χ3n) is 1.97. The summed E-state index contributed by atoms with van der Waals surface area (Å²) < 4.78 is 2.13. The van der Waals surface area contributed by atoms with Crippen LogP contribution < -0.4 is 5.73 Å². The van der Waals surface area contributed by atoms with E-state index in [1.807, 2.05) is 19.4 Å². The van der Waals surface area contributed by atoms with E-state index in [9.17, 15) is 0 Å². The summed E-state index contributed by atoms with van der Waals surface area (Å²) in [6.07, 6.45) is 3.77. The summed E-state index contributed by atoms with van der Waals surface area (Å²) in [7, 11) is 0. The van der Waals surface area contributed by atoms with Crippen LogP contribution in [0.3, 0.4) is 0 Å². The van der Waals surface area contributed by atoms with Gasteiger partial charge in [0.05, 0.1) is 6.33 Å². The smallest absolute Gasteiger partial charge is 0.0948 e. The molecule has 0 saturated carbocycles. The van der Waals surface area contributed by atoms with E-state index in [1.165, 1.54) is 5.69 Å². The predicted molar refractivity (Wildman–Crippen MR) is 54.6 cm³/mol. The Morgan fingerprint density at radius 2 is 2.15 bits per heavy atom. The second-order valence-corrected chi connectivity index (χ2v) is 4.66. The molecule has 0 aliphatic heterocycles. The highest BCUT2D eigenvalue weighted by molar-refractivity contribution is 5.10. The van der Waals surface area contributed by atoms with Crippen LogP contribution in [-0.2, 0) is 12.0 Å². The van der Waals surface area contributed by atoms with E-state index < -0.39 is 0 Å². The molecule has 0 saturated heterocycles. The van der Waals surface area contributed by atoms with Gasteiger partial charge in [0.1, 0.15) is 0 Å². The summed E-state index contributed by atoms with van der Waals surface area (Å²) in [6.45, 7) is 9.39. The van der Waals surface area contributed by atoms with Crippen LogP contribution in [0.5, 0.6) is 0 Å². The first-order chi connectivity index (χ1) is 5.91. The number of imidazole rings is 1. The summed E-state index contributed by atoms with van der Waals surface area (Å²) >= 11 is 0. The van der Waals surface area contributed by atoms with E-state index in [0.717, 1.165) is 6.54 Å². The van der Waals surface area contributed by atoms with Gasteiger partial charge in [-0.2, -0.15) is 0 Å². The standard InChI is InChI=1S/C10H19N3/c1-8(11)6-13-7-12-5-9(13)10(2,3)4/h5,7-8H,6,11H2,1-4H3. The van der Waals surface area contributed by atoms with Crippen molar-refractivity contribution in [3.05, 3.63) is 18.2 Å². The van der Waals surface area contributed by atoms with Crippen LogP contribution in [0.4, 0.5) is 0 Å². The fourth-order valence-electron chi connectivity index (χ4n) is 1.40. The molecule has 0 radical (unpaired) electrons. The van der Waals surface area contributed by atoms with Gasteiger partial charge < -0.3 is 10.3 Å². The van der Waals surface area contributed by atoms with Gasteiger partial charge >= 0.3 is 0 Å². The first-order valence-corrected chi connectivity index (χ1v) is 4.67. The first-order valence-electron chi connectivity index (χ1n) is 4.67. The van der Waals surface area contributed by atoms with E-state index in [1.54, 1.807) is 0 Å². The lowest BCUT2D eigenvalue weighted by Gasteiger charge is -2.21. The zero-order valence-corrected chi connectivity index (χ0v) is 8.91. The molecule has 13 heavy (non-hydrogen) atoms. The van der Waals surface area contributed by atoms with E-state index in [4.69, 9.17) is 5.73 Å². The summed E-state index contributed by atoms with van der Waals surface area (Å²) in [6, 6.07) is 0.176. The summed E-state index contributed by atoms with van der Waals surface area (Å²) in [5, 5.41) is 0. The number of nitrogens with zero attached hydrogens (tertiary/aromatic N) is 2. The Hall–Kier alpha value is -0.830. The predicted octanol–water partition coefficient (Wildman–Crippen LogP) is 1.53. The Labute approximate surface area is 80.0 Å². The lowest BCUT2D eigenvalue weighted by atomic mass is 9.92. The van der Waals surface area contributed by atoms with Crippen LogP contribution in [0, 0.1) is 0 Å². The normalized spacial score (nSPS) is 14.5. The first kappa shape index (κ1) is 10.3. The van der Waals surface area contributed by atoms with Gasteiger partial charge in [0, 0.05) is 29.9 Å². The van der Waals surface area contributed by atoms with E-state index in [2.05, 4.69) is 30.3 Å². The van der Waals surface area contributed by atoms with E-state index in [0.29, 0.717) is 0 Å². The third-order valence-corrected chi connectivity index (χ3v) is 1.97. The fraction of sp³-hybridized carbons (Fsp3) is 0.700. The van der Waals surface area contributed by atoms with Crippen molar-refractivity contribution in [2.45, 2.75) is 45.7 Å². The van der Waals surface area contributed by atoms with Crippen molar-refractivity contribution in [1.29, 1.82) is 0 Å². The van der Waals surface area contributed by atoms with E-state index in [-0.39, 0.29) is 11.5 Å². The van der Waals surface area contributed by atoms with Gasteiger partial charge in [-0.3, -0.25) is 0 Å². The van der Waals surface area contributed by atoms with Crippen molar-refractivity contribution >= 4 is 0 Å². The maximum atomic E-state index is 5.75.